The third kappa shape index (κ3) is 2.15. The Bertz CT molecular complexity index is 840. The van der Waals surface area contributed by atoms with Crippen LogP contribution in [0.2, 0.25) is 0 Å². The number of anilines is 1. The van der Waals surface area contributed by atoms with Crippen LogP contribution < -0.4 is 4.90 Å². The molecule has 2 aromatic rings. The summed E-state index contributed by atoms with van der Waals surface area (Å²) in [6.45, 7) is 0. The first kappa shape index (κ1) is 15.6. The van der Waals surface area contributed by atoms with Crippen LogP contribution >= 0.6 is 10.0 Å². The highest BCUT2D eigenvalue weighted by Crippen LogP contribution is 2.64. The molecule has 2 aromatic carbocycles. The molecule has 0 aliphatic carbocycles. The molecule has 1 heterocycles. The van der Waals surface area contributed by atoms with Gasteiger partial charge < -0.3 is 10.0 Å². The second-order valence-electron chi connectivity index (χ2n) is 6.22. The summed E-state index contributed by atoms with van der Waals surface area (Å²) in [5.41, 5.74) is 2.45. The first-order valence-electron chi connectivity index (χ1n) is 7.19. The van der Waals surface area contributed by atoms with E-state index in [1.54, 1.807) is 6.07 Å². The van der Waals surface area contributed by atoms with Gasteiger partial charge in [0.05, 0.1) is 5.56 Å². The fourth-order valence-corrected chi connectivity index (χ4v) is 5.84. The minimum absolute atomic E-state index is 0.0701. The molecule has 3 rings (SSSR count). The van der Waals surface area contributed by atoms with Gasteiger partial charge in [-0.25, -0.2) is 0 Å². The number of rotatable bonds is 2. The van der Waals surface area contributed by atoms with Crippen LogP contribution in [0.5, 0.6) is 5.75 Å². The highest BCUT2D eigenvalue weighted by molar-refractivity contribution is 8.33. The molecule has 0 unspecified atom stereocenters. The number of carbonyl (C=O) groups is 2. The molecule has 0 spiro atoms. The zero-order chi connectivity index (χ0) is 16.9. The summed E-state index contributed by atoms with van der Waals surface area (Å²) in [5, 5.41) is 10.0. The summed E-state index contributed by atoms with van der Waals surface area (Å²) < 4.78 is 0. The number of aromatic hydroxyl groups is 1. The largest absolute Gasteiger partial charge is 0.507 e. The predicted molar refractivity (Wildman–Crippen MR) is 93.7 cm³/mol. The Kier molecular flexibility index (Phi) is 3.48. The van der Waals surface area contributed by atoms with E-state index in [1.807, 2.05) is 37.2 Å². The molecule has 5 heteroatoms. The molecule has 0 fully saturated rings. The van der Waals surface area contributed by atoms with E-state index in [4.69, 9.17) is 0 Å². The standard InChI is InChI=1S/C18H19NO3S/c1-19(2)11-5-6-12-16(9-11)23(3,4)18-13(17(12)22)7-8-15(21)14(18)10-20/h5-10,21H,1-4H3. The van der Waals surface area contributed by atoms with Gasteiger partial charge in [0, 0.05) is 40.7 Å². The van der Waals surface area contributed by atoms with Crippen molar-refractivity contribution in [3.05, 3.63) is 47.0 Å². The first-order valence-corrected chi connectivity index (χ1v) is 9.64. The summed E-state index contributed by atoms with van der Waals surface area (Å²) >= 11 is 0. The van der Waals surface area contributed by atoms with Crippen LogP contribution in [-0.4, -0.2) is 43.8 Å². The first-order chi connectivity index (χ1) is 10.8. The lowest BCUT2D eigenvalue weighted by molar-refractivity contribution is 0.103. The molecular formula is C18H19NO3S. The Labute approximate surface area is 137 Å². The molecule has 23 heavy (non-hydrogen) atoms. The Morgan fingerprint density at radius 3 is 2.35 bits per heavy atom. The molecule has 1 aliphatic rings. The number of hydrogen-bond acceptors (Lipinski definition) is 4. The molecular weight excluding hydrogens is 310 g/mol. The summed E-state index contributed by atoms with van der Waals surface area (Å²) in [7, 11) is 2.31. The number of nitrogens with zero attached hydrogens (tertiary/aromatic N) is 1. The maximum Gasteiger partial charge on any atom is 0.195 e. The molecule has 0 radical (unpaired) electrons. The van der Waals surface area contributed by atoms with Crippen molar-refractivity contribution in [2.45, 2.75) is 9.79 Å². The maximum atomic E-state index is 12.9. The normalized spacial score (nSPS) is 16.3. The lowest BCUT2D eigenvalue weighted by Crippen LogP contribution is -2.20. The molecule has 4 nitrogen and oxygen atoms in total. The van der Waals surface area contributed by atoms with Crippen molar-refractivity contribution in [3.8, 4) is 5.75 Å². The Morgan fingerprint density at radius 1 is 1.09 bits per heavy atom. The number of aldehydes is 1. The maximum absolute atomic E-state index is 12.9. The zero-order valence-corrected chi connectivity index (χ0v) is 14.4. The molecule has 0 bridgehead atoms. The Morgan fingerprint density at radius 2 is 1.74 bits per heavy atom. The number of hydrogen-bond donors (Lipinski definition) is 1. The fourth-order valence-electron chi connectivity index (χ4n) is 3.09. The van der Waals surface area contributed by atoms with Crippen molar-refractivity contribution in [2.75, 3.05) is 31.5 Å². The van der Waals surface area contributed by atoms with Gasteiger partial charge in [0.2, 0.25) is 0 Å². The van der Waals surface area contributed by atoms with Crippen molar-refractivity contribution < 1.29 is 14.7 Å². The highest BCUT2D eigenvalue weighted by atomic mass is 32.3. The SMILES string of the molecule is CN(C)c1ccc2c(c1)S(C)(C)c1c(ccc(O)c1C=O)C2=O. The number of carbonyl (C=O) groups excluding carboxylic acids is 2. The van der Waals surface area contributed by atoms with Crippen molar-refractivity contribution in [2.24, 2.45) is 0 Å². The quantitative estimate of drug-likeness (QED) is 0.859. The summed E-state index contributed by atoms with van der Waals surface area (Å²) in [6, 6.07) is 8.85. The average Bonchev–Trinajstić information content (AvgIpc) is 2.52. The van der Waals surface area contributed by atoms with Gasteiger partial charge in [-0.05, 0) is 42.8 Å². The van der Waals surface area contributed by atoms with Gasteiger partial charge in [-0.3, -0.25) is 9.59 Å². The third-order valence-electron chi connectivity index (χ3n) is 4.32. The Balaban J connectivity index is 2.37. The van der Waals surface area contributed by atoms with Crippen LogP contribution in [0.25, 0.3) is 0 Å². The molecule has 0 aromatic heterocycles. The van der Waals surface area contributed by atoms with Crippen molar-refractivity contribution in [1.29, 1.82) is 0 Å². The summed E-state index contributed by atoms with van der Waals surface area (Å²) in [6.07, 6.45) is 4.77. The topological polar surface area (TPSA) is 57.6 Å². The summed E-state index contributed by atoms with van der Waals surface area (Å²) in [5.74, 6) is -0.158. The fraction of sp³-hybridized carbons (Fsp3) is 0.222. The van der Waals surface area contributed by atoms with Crippen molar-refractivity contribution in [1.82, 2.24) is 0 Å². The van der Waals surface area contributed by atoms with Crippen LogP contribution in [0.1, 0.15) is 26.3 Å². The second-order valence-corrected chi connectivity index (χ2v) is 9.73. The minimum Gasteiger partial charge on any atom is -0.507 e. The average molecular weight is 329 g/mol. The molecule has 0 amide bonds. The number of phenolic OH excluding ortho intramolecular Hbond substituents is 1. The molecule has 1 aliphatic heterocycles. The van der Waals surface area contributed by atoms with E-state index in [-0.39, 0.29) is 17.1 Å². The van der Waals surface area contributed by atoms with E-state index >= 15 is 0 Å². The van der Waals surface area contributed by atoms with E-state index in [9.17, 15) is 14.7 Å². The van der Waals surface area contributed by atoms with Gasteiger partial charge in [0.15, 0.2) is 12.1 Å². The molecule has 0 saturated carbocycles. The van der Waals surface area contributed by atoms with E-state index in [0.29, 0.717) is 22.3 Å². The van der Waals surface area contributed by atoms with Crippen molar-refractivity contribution in [3.63, 3.8) is 0 Å². The predicted octanol–water partition coefficient (Wildman–Crippen LogP) is 3.30. The van der Waals surface area contributed by atoms with Crippen LogP contribution in [-0.2, 0) is 0 Å². The van der Waals surface area contributed by atoms with E-state index in [2.05, 4.69) is 12.5 Å². The highest BCUT2D eigenvalue weighted by Gasteiger charge is 2.36. The van der Waals surface area contributed by atoms with Gasteiger partial charge in [0.25, 0.3) is 0 Å². The van der Waals surface area contributed by atoms with Gasteiger partial charge in [-0.1, -0.05) is 0 Å². The van der Waals surface area contributed by atoms with Crippen LogP contribution in [0.15, 0.2) is 40.1 Å². The number of phenols is 1. The van der Waals surface area contributed by atoms with E-state index in [1.165, 1.54) is 6.07 Å². The van der Waals surface area contributed by atoms with Gasteiger partial charge in [0.1, 0.15) is 5.75 Å². The second kappa shape index (κ2) is 5.13. The molecule has 0 atom stereocenters. The van der Waals surface area contributed by atoms with E-state index < -0.39 is 10.0 Å². The van der Waals surface area contributed by atoms with Gasteiger partial charge in [-0.15, -0.1) is 0 Å². The smallest absolute Gasteiger partial charge is 0.195 e. The molecule has 1 N–H and O–H groups in total. The number of ketones is 1. The van der Waals surface area contributed by atoms with Gasteiger partial charge >= 0.3 is 0 Å². The molecule has 0 saturated heterocycles. The van der Waals surface area contributed by atoms with Crippen molar-refractivity contribution >= 4 is 27.8 Å². The number of benzene rings is 2. The van der Waals surface area contributed by atoms with Gasteiger partial charge in [-0.2, -0.15) is 10.0 Å². The third-order valence-corrected chi connectivity index (χ3v) is 7.22. The Hall–Kier alpha value is -2.27. The zero-order valence-electron chi connectivity index (χ0n) is 13.6. The van der Waals surface area contributed by atoms with Crippen LogP contribution in [0, 0.1) is 0 Å². The van der Waals surface area contributed by atoms with Crippen LogP contribution in [0.4, 0.5) is 5.69 Å². The van der Waals surface area contributed by atoms with Crippen LogP contribution in [0.3, 0.4) is 0 Å². The van der Waals surface area contributed by atoms with E-state index in [0.717, 1.165) is 10.6 Å². The number of fused-ring (bicyclic) bond motifs is 2. The monoisotopic (exact) mass is 329 g/mol. The summed E-state index contributed by atoms with van der Waals surface area (Å²) in [4.78, 5) is 28.0. The lowest BCUT2D eigenvalue weighted by atomic mass is 9.99. The lowest BCUT2D eigenvalue weighted by Gasteiger charge is -2.40. The molecule has 120 valence electrons. The minimum atomic E-state index is -1.59.